The lowest BCUT2D eigenvalue weighted by Gasteiger charge is -2.19. The highest BCUT2D eigenvalue weighted by atomic mass is 16.3. The van der Waals surface area contributed by atoms with Gasteiger partial charge in [0.2, 0.25) is 0 Å². The third-order valence-electron chi connectivity index (χ3n) is 3.88. The molecule has 2 aromatic rings. The maximum Gasteiger partial charge on any atom is 0.195 e. The van der Waals surface area contributed by atoms with Gasteiger partial charge in [0, 0.05) is 12.1 Å². The standard InChI is InChI=1S/C16H21NO3/c1-5-17(6-2)9-13-14(18)8-7-12-15(19)10(3)11(4)20-16(12)13/h7-8,18H,5-6,9H2,1-4H3. The van der Waals surface area contributed by atoms with E-state index in [4.69, 9.17) is 4.42 Å². The molecule has 4 nitrogen and oxygen atoms in total. The Balaban J connectivity index is 2.70. The second-order valence-electron chi connectivity index (χ2n) is 5.01. The van der Waals surface area contributed by atoms with Gasteiger partial charge < -0.3 is 9.52 Å². The molecular weight excluding hydrogens is 254 g/mol. The molecule has 0 aliphatic heterocycles. The Hall–Kier alpha value is -1.81. The van der Waals surface area contributed by atoms with Gasteiger partial charge in [0.25, 0.3) is 0 Å². The summed E-state index contributed by atoms with van der Waals surface area (Å²) in [5.74, 6) is 0.782. The summed E-state index contributed by atoms with van der Waals surface area (Å²) >= 11 is 0. The van der Waals surface area contributed by atoms with E-state index in [1.165, 1.54) is 0 Å². The number of fused-ring (bicyclic) bond motifs is 1. The molecule has 20 heavy (non-hydrogen) atoms. The molecule has 0 unspecified atom stereocenters. The molecule has 0 fully saturated rings. The Morgan fingerprint density at radius 3 is 2.45 bits per heavy atom. The van der Waals surface area contributed by atoms with Gasteiger partial charge in [0.05, 0.1) is 10.9 Å². The molecule has 0 spiro atoms. The lowest BCUT2D eigenvalue weighted by molar-refractivity contribution is 0.290. The average molecular weight is 275 g/mol. The Morgan fingerprint density at radius 2 is 1.85 bits per heavy atom. The second-order valence-corrected chi connectivity index (χ2v) is 5.01. The largest absolute Gasteiger partial charge is 0.507 e. The summed E-state index contributed by atoms with van der Waals surface area (Å²) in [4.78, 5) is 14.5. The molecular formula is C16H21NO3. The second kappa shape index (κ2) is 5.67. The number of rotatable bonds is 4. The van der Waals surface area contributed by atoms with Crippen LogP contribution < -0.4 is 5.43 Å². The predicted molar refractivity (Wildman–Crippen MR) is 80.2 cm³/mol. The Kier molecular flexibility index (Phi) is 4.14. The van der Waals surface area contributed by atoms with Gasteiger partial charge in [-0.05, 0) is 39.1 Å². The van der Waals surface area contributed by atoms with Crippen LogP contribution in [0.5, 0.6) is 5.75 Å². The number of aryl methyl sites for hydroxylation is 1. The Bertz CT molecular complexity index is 684. The fourth-order valence-electron chi connectivity index (χ4n) is 2.33. The van der Waals surface area contributed by atoms with Crippen LogP contribution >= 0.6 is 0 Å². The first kappa shape index (κ1) is 14.6. The third-order valence-corrected chi connectivity index (χ3v) is 3.88. The van der Waals surface area contributed by atoms with E-state index < -0.39 is 0 Å². The summed E-state index contributed by atoms with van der Waals surface area (Å²) in [6.45, 7) is 10.00. The zero-order valence-electron chi connectivity index (χ0n) is 12.5. The normalized spacial score (nSPS) is 11.4. The molecule has 0 bridgehead atoms. The third kappa shape index (κ3) is 2.43. The molecule has 0 amide bonds. The quantitative estimate of drug-likeness (QED) is 0.932. The molecule has 2 rings (SSSR count). The van der Waals surface area contributed by atoms with E-state index in [9.17, 15) is 9.90 Å². The highest BCUT2D eigenvalue weighted by molar-refractivity contribution is 5.82. The van der Waals surface area contributed by atoms with Crippen molar-refractivity contribution in [1.29, 1.82) is 0 Å². The lowest BCUT2D eigenvalue weighted by Crippen LogP contribution is -2.22. The molecule has 0 atom stereocenters. The first-order valence-corrected chi connectivity index (χ1v) is 6.96. The van der Waals surface area contributed by atoms with E-state index in [1.54, 1.807) is 26.0 Å². The van der Waals surface area contributed by atoms with Crippen LogP contribution in [-0.4, -0.2) is 23.1 Å². The number of hydrogen-bond acceptors (Lipinski definition) is 4. The zero-order valence-corrected chi connectivity index (χ0v) is 12.5. The smallest absolute Gasteiger partial charge is 0.195 e. The molecule has 108 valence electrons. The van der Waals surface area contributed by atoms with Crippen molar-refractivity contribution in [3.63, 3.8) is 0 Å². The van der Waals surface area contributed by atoms with Gasteiger partial charge in [-0.1, -0.05) is 13.8 Å². The number of phenolic OH excluding ortho intramolecular Hbond substituents is 1. The van der Waals surface area contributed by atoms with Crippen molar-refractivity contribution >= 4 is 11.0 Å². The van der Waals surface area contributed by atoms with Gasteiger partial charge in [-0.2, -0.15) is 0 Å². The van der Waals surface area contributed by atoms with E-state index in [-0.39, 0.29) is 11.2 Å². The Labute approximate surface area is 118 Å². The maximum absolute atomic E-state index is 12.3. The molecule has 0 saturated carbocycles. The first-order chi connectivity index (χ1) is 9.49. The predicted octanol–water partition coefficient (Wildman–Crippen LogP) is 2.96. The summed E-state index contributed by atoms with van der Waals surface area (Å²) in [5, 5.41) is 10.6. The van der Waals surface area contributed by atoms with Crippen LogP contribution in [0.2, 0.25) is 0 Å². The number of aromatic hydroxyl groups is 1. The van der Waals surface area contributed by atoms with Crippen LogP contribution in [0.15, 0.2) is 21.3 Å². The van der Waals surface area contributed by atoms with Gasteiger partial charge in [-0.3, -0.25) is 9.69 Å². The van der Waals surface area contributed by atoms with Crippen molar-refractivity contribution < 1.29 is 9.52 Å². The van der Waals surface area contributed by atoms with Gasteiger partial charge in [-0.15, -0.1) is 0 Å². The van der Waals surface area contributed by atoms with E-state index in [2.05, 4.69) is 18.7 Å². The molecule has 1 N–H and O–H groups in total. The summed E-state index contributed by atoms with van der Waals surface area (Å²) in [6.07, 6.45) is 0. The van der Waals surface area contributed by atoms with Crippen LogP contribution in [0.4, 0.5) is 0 Å². The Morgan fingerprint density at radius 1 is 1.20 bits per heavy atom. The molecule has 1 heterocycles. The van der Waals surface area contributed by atoms with E-state index in [1.807, 2.05) is 0 Å². The van der Waals surface area contributed by atoms with E-state index in [0.717, 1.165) is 13.1 Å². The molecule has 4 heteroatoms. The van der Waals surface area contributed by atoms with Crippen LogP contribution in [-0.2, 0) is 6.54 Å². The highest BCUT2D eigenvalue weighted by Crippen LogP contribution is 2.28. The maximum atomic E-state index is 12.3. The van der Waals surface area contributed by atoms with Gasteiger partial charge in [-0.25, -0.2) is 0 Å². The van der Waals surface area contributed by atoms with Gasteiger partial charge in [0.15, 0.2) is 5.43 Å². The number of hydrogen-bond donors (Lipinski definition) is 1. The average Bonchev–Trinajstić information content (AvgIpc) is 2.44. The van der Waals surface area contributed by atoms with Crippen molar-refractivity contribution in [3.8, 4) is 5.75 Å². The van der Waals surface area contributed by atoms with Crippen LogP contribution in [0.1, 0.15) is 30.7 Å². The summed E-state index contributed by atoms with van der Waals surface area (Å²) in [5.41, 5.74) is 1.79. The van der Waals surface area contributed by atoms with Gasteiger partial charge in [0.1, 0.15) is 17.1 Å². The van der Waals surface area contributed by atoms with Crippen molar-refractivity contribution in [2.75, 3.05) is 13.1 Å². The van der Waals surface area contributed by atoms with Crippen molar-refractivity contribution in [2.24, 2.45) is 0 Å². The minimum absolute atomic E-state index is 0.0236. The first-order valence-electron chi connectivity index (χ1n) is 6.96. The molecule has 0 aliphatic rings. The molecule has 1 aromatic carbocycles. The fraction of sp³-hybridized carbons (Fsp3) is 0.438. The fourth-order valence-corrected chi connectivity index (χ4v) is 2.33. The molecule has 0 saturated heterocycles. The van der Waals surface area contributed by atoms with E-state index in [0.29, 0.717) is 34.4 Å². The zero-order chi connectivity index (χ0) is 14.9. The minimum Gasteiger partial charge on any atom is -0.507 e. The van der Waals surface area contributed by atoms with Crippen molar-refractivity contribution in [1.82, 2.24) is 4.90 Å². The van der Waals surface area contributed by atoms with Crippen LogP contribution in [0, 0.1) is 13.8 Å². The molecule has 0 radical (unpaired) electrons. The highest BCUT2D eigenvalue weighted by Gasteiger charge is 2.16. The van der Waals surface area contributed by atoms with Gasteiger partial charge >= 0.3 is 0 Å². The van der Waals surface area contributed by atoms with Crippen LogP contribution in [0.25, 0.3) is 11.0 Å². The number of nitrogens with zero attached hydrogens (tertiary/aromatic N) is 1. The molecule has 1 aromatic heterocycles. The van der Waals surface area contributed by atoms with Crippen LogP contribution in [0.3, 0.4) is 0 Å². The number of benzene rings is 1. The molecule has 0 aliphatic carbocycles. The summed E-state index contributed by atoms with van der Waals surface area (Å²) < 4.78 is 5.79. The van der Waals surface area contributed by atoms with E-state index >= 15 is 0 Å². The van der Waals surface area contributed by atoms with Crippen molar-refractivity contribution in [2.45, 2.75) is 34.2 Å². The number of phenols is 1. The summed E-state index contributed by atoms with van der Waals surface area (Å²) in [7, 11) is 0. The topological polar surface area (TPSA) is 53.7 Å². The lowest BCUT2D eigenvalue weighted by atomic mass is 10.1. The van der Waals surface area contributed by atoms with Crippen molar-refractivity contribution in [3.05, 3.63) is 39.2 Å². The monoisotopic (exact) mass is 275 g/mol. The SMILES string of the molecule is CCN(CC)Cc1c(O)ccc2c(=O)c(C)c(C)oc12. The summed E-state index contributed by atoms with van der Waals surface area (Å²) in [6, 6.07) is 3.21. The minimum atomic E-state index is -0.0236.